The lowest BCUT2D eigenvalue weighted by Gasteiger charge is -2.77. The summed E-state index contributed by atoms with van der Waals surface area (Å²) < 4.78 is 0. The maximum Gasteiger partial charge on any atom is 0.337 e. The minimum absolute atomic E-state index is 0.0559. The highest BCUT2D eigenvalue weighted by molar-refractivity contribution is 6.13. The van der Waals surface area contributed by atoms with E-state index in [1.165, 1.54) is 61.8 Å². The van der Waals surface area contributed by atoms with Gasteiger partial charge in [0.2, 0.25) is 0 Å². The molecule has 0 amide bonds. The Kier molecular flexibility index (Phi) is 6.59. The second-order valence-corrected chi connectivity index (χ2v) is 19.8. The molecule has 0 heterocycles. The van der Waals surface area contributed by atoms with Gasteiger partial charge in [0.1, 0.15) is 0 Å². The van der Waals surface area contributed by atoms with E-state index in [0.717, 1.165) is 49.3 Å². The van der Waals surface area contributed by atoms with Crippen LogP contribution in [0.5, 0.6) is 0 Å². The quantitative estimate of drug-likeness (QED) is 0.147. The lowest BCUT2D eigenvalue weighted by atomic mass is 9.27. The molecule has 4 atom stereocenters. The maximum absolute atomic E-state index is 12.6. The van der Waals surface area contributed by atoms with Gasteiger partial charge in [0, 0.05) is 0 Å². The van der Waals surface area contributed by atoms with Gasteiger partial charge < -0.3 is 20.4 Å². The number of benzene rings is 4. The third kappa shape index (κ3) is 4.37. The van der Waals surface area contributed by atoms with E-state index in [1.54, 1.807) is 12.1 Å². The first-order valence-corrected chi connectivity index (χ1v) is 19.6. The first-order chi connectivity index (χ1) is 25.5. The highest BCUT2D eigenvalue weighted by Crippen LogP contribution is 2.83. The first-order valence-electron chi connectivity index (χ1n) is 19.6. The Labute approximate surface area is 313 Å². The van der Waals surface area contributed by atoms with Crippen molar-refractivity contribution in [2.45, 2.75) is 102 Å². The zero-order valence-corrected chi connectivity index (χ0v) is 30.8. The van der Waals surface area contributed by atoms with E-state index in [9.17, 15) is 39.6 Å². The van der Waals surface area contributed by atoms with Crippen molar-refractivity contribution >= 4 is 45.4 Å². The standard InChI is InChI=1S/C46H46O8/c1-41-18-42(2)20-44(19-41,34-8-4-6-30-28(34)10-12-32(38(49)50)36(30)40(53)54)24-46(21-41,22-42)45-16-25-13-26(17-45)15-43(14-25,23-45)33-7-3-5-29-27(33)9-11-31(37(47)48)35(29)39(51)52/h3-12,25-26H,13-24H2,1-2H3,(H,47,48)(H,49,50)(H,51,52)(H,53,54). The van der Waals surface area contributed by atoms with Gasteiger partial charge >= 0.3 is 23.9 Å². The molecule has 0 saturated heterocycles. The Morgan fingerprint density at radius 3 is 1.41 bits per heavy atom. The Hall–Kier alpha value is -4.72. The first kappa shape index (κ1) is 33.8. The largest absolute Gasteiger partial charge is 0.478 e. The molecule has 0 radical (unpaired) electrons. The molecule has 8 aliphatic carbocycles. The Balaban J connectivity index is 1.14. The Bertz CT molecular complexity index is 2370. The number of carbonyl (C=O) groups is 4. The molecule has 8 heteroatoms. The molecule has 8 bridgehead atoms. The van der Waals surface area contributed by atoms with Crippen LogP contribution in [0.4, 0.5) is 0 Å². The van der Waals surface area contributed by atoms with E-state index in [1.807, 2.05) is 24.3 Å². The molecule has 8 saturated carbocycles. The van der Waals surface area contributed by atoms with E-state index in [2.05, 4.69) is 26.0 Å². The van der Waals surface area contributed by atoms with Gasteiger partial charge in [-0.15, -0.1) is 0 Å². The third-order valence-electron chi connectivity index (χ3n) is 15.9. The van der Waals surface area contributed by atoms with Gasteiger partial charge in [-0.2, -0.15) is 0 Å². The van der Waals surface area contributed by atoms with Crippen LogP contribution < -0.4 is 0 Å². The molecule has 4 unspecified atom stereocenters. The van der Waals surface area contributed by atoms with Gasteiger partial charge in [-0.3, -0.25) is 0 Å². The number of carboxylic acid groups (broad SMARTS) is 4. The molecule has 8 aliphatic rings. The summed E-state index contributed by atoms with van der Waals surface area (Å²) in [5.74, 6) is -3.80. The zero-order chi connectivity index (χ0) is 37.8. The summed E-state index contributed by atoms with van der Waals surface area (Å²) in [6.07, 6.45) is 13.4. The second kappa shape index (κ2) is 10.5. The van der Waals surface area contributed by atoms with E-state index < -0.39 is 23.9 Å². The van der Waals surface area contributed by atoms with Gasteiger partial charge in [-0.05, 0) is 166 Å². The van der Waals surface area contributed by atoms with Crippen LogP contribution in [0.2, 0.25) is 0 Å². The summed E-state index contributed by atoms with van der Waals surface area (Å²) in [4.78, 5) is 49.5. The average Bonchev–Trinajstić information content (AvgIpc) is 3.07. The summed E-state index contributed by atoms with van der Waals surface area (Å²) in [5, 5.41) is 43.2. The SMILES string of the molecule is CC12CC3(C)CC(c4cccc5c(C(=O)O)c(C(=O)O)ccc45)(C1)CC(C14CC5CC(CC(c6cccc7c(C(=O)O)c(C(=O)O)ccc67)(C5)C1)C4)(C2)C3. The minimum atomic E-state index is -1.24. The van der Waals surface area contributed by atoms with Crippen molar-refractivity contribution in [3.05, 3.63) is 94.0 Å². The summed E-state index contributed by atoms with van der Waals surface area (Å²) in [6.45, 7) is 4.99. The van der Waals surface area contributed by atoms with Crippen LogP contribution in [-0.4, -0.2) is 44.3 Å². The van der Waals surface area contributed by atoms with Crippen molar-refractivity contribution in [3.8, 4) is 0 Å². The number of hydrogen-bond donors (Lipinski definition) is 4. The van der Waals surface area contributed by atoms with Gasteiger partial charge in [0.05, 0.1) is 22.3 Å². The fourth-order valence-corrected chi connectivity index (χ4v) is 16.2. The summed E-state index contributed by atoms with van der Waals surface area (Å²) in [5.41, 5.74) is 1.72. The molecule has 0 aromatic heterocycles. The highest BCUT2D eigenvalue weighted by Gasteiger charge is 2.74. The van der Waals surface area contributed by atoms with Crippen LogP contribution in [0.15, 0.2) is 60.7 Å². The predicted molar refractivity (Wildman–Crippen MR) is 203 cm³/mol. The second-order valence-electron chi connectivity index (χ2n) is 19.8. The maximum atomic E-state index is 12.6. The number of hydrogen-bond acceptors (Lipinski definition) is 4. The van der Waals surface area contributed by atoms with Crippen molar-refractivity contribution in [3.63, 3.8) is 0 Å². The molecule has 12 rings (SSSR count). The number of aromatic carboxylic acids is 4. The monoisotopic (exact) mass is 726 g/mol. The smallest absolute Gasteiger partial charge is 0.337 e. The molecular weight excluding hydrogens is 680 g/mol. The van der Waals surface area contributed by atoms with Gasteiger partial charge in [-0.25, -0.2) is 19.2 Å². The van der Waals surface area contributed by atoms with Crippen LogP contribution in [0.3, 0.4) is 0 Å². The van der Waals surface area contributed by atoms with Crippen LogP contribution in [-0.2, 0) is 10.8 Å². The summed E-state index contributed by atoms with van der Waals surface area (Å²) in [6, 6.07) is 18.5. The van der Waals surface area contributed by atoms with Gasteiger partial charge in [0.15, 0.2) is 0 Å². The minimum Gasteiger partial charge on any atom is -0.478 e. The summed E-state index contributed by atoms with van der Waals surface area (Å²) in [7, 11) is 0. The molecule has 0 aliphatic heterocycles. The van der Waals surface area contributed by atoms with Gasteiger partial charge in [-0.1, -0.05) is 62.4 Å². The molecule has 4 aromatic rings. The lowest BCUT2D eigenvalue weighted by Crippen LogP contribution is -2.69. The predicted octanol–water partition coefficient (Wildman–Crippen LogP) is 9.94. The molecule has 54 heavy (non-hydrogen) atoms. The van der Waals surface area contributed by atoms with E-state index in [0.29, 0.717) is 22.6 Å². The fourth-order valence-electron chi connectivity index (χ4n) is 16.2. The van der Waals surface area contributed by atoms with Crippen molar-refractivity contribution < 1.29 is 39.6 Å². The van der Waals surface area contributed by atoms with Crippen LogP contribution in [0, 0.1) is 33.5 Å². The molecule has 8 fully saturated rings. The number of fused-ring (bicyclic) bond motifs is 2. The van der Waals surface area contributed by atoms with Crippen LogP contribution >= 0.6 is 0 Å². The molecule has 4 aromatic carbocycles. The third-order valence-corrected chi connectivity index (χ3v) is 15.9. The van der Waals surface area contributed by atoms with Crippen molar-refractivity contribution in [1.82, 2.24) is 0 Å². The average molecular weight is 727 g/mol. The van der Waals surface area contributed by atoms with E-state index in [4.69, 9.17) is 0 Å². The van der Waals surface area contributed by atoms with Crippen molar-refractivity contribution in [2.24, 2.45) is 33.5 Å². The molecule has 0 spiro atoms. The normalized spacial score (nSPS) is 37.2. The topological polar surface area (TPSA) is 149 Å². The molecular formula is C46H46O8. The van der Waals surface area contributed by atoms with E-state index in [-0.39, 0.29) is 54.7 Å². The van der Waals surface area contributed by atoms with Crippen LogP contribution in [0.25, 0.3) is 21.5 Å². The van der Waals surface area contributed by atoms with E-state index >= 15 is 0 Å². The zero-order valence-electron chi connectivity index (χ0n) is 30.8. The lowest BCUT2D eigenvalue weighted by molar-refractivity contribution is -0.249. The molecule has 278 valence electrons. The highest BCUT2D eigenvalue weighted by atomic mass is 16.4. The Morgan fingerprint density at radius 1 is 0.481 bits per heavy atom. The molecule has 8 nitrogen and oxygen atoms in total. The van der Waals surface area contributed by atoms with Crippen molar-refractivity contribution in [2.75, 3.05) is 0 Å². The fraction of sp³-hybridized carbons (Fsp3) is 0.478. The molecule has 4 N–H and O–H groups in total. The van der Waals surface area contributed by atoms with Crippen LogP contribution in [0.1, 0.15) is 143 Å². The summed E-state index contributed by atoms with van der Waals surface area (Å²) >= 11 is 0. The number of carboxylic acids is 4. The van der Waals surface area contributed by atoms with Gasteiger partial charge in [0.25, 0.3) is 0 Å². The van der Waals surface area contributed by atoms with Crippen molar-refractivity contribution in [1.29, 1.82) is 0 Å². The number of rotatable bonds is 7. The Morgan fingerprint density at radius 2 is 0.944 bits per heavy atom.